The topological polar surface area (TPSA) is 103 Å². The molecule has 1 amide bonds. The van der Waals surface area contributed by atoms with E-state index in [9.17, 15) is 13.2 Å². The Bertz CT molecular complexity index is 947. The number of hydrogen-bond donors (Lipinski definition) is 2. The number of carbonyl (C=O) groups excluding carboxylic acids is 1. The number of halogens is 1. The fourth-order valence-electron chi connectivity index (χ4n) is 2.30. The predicted molar refractivity (Wildman–Crippen MR) is 106 cm³/mol. The van der Waals surface area contributed by atoms with E-state index >= 15 is 0 Å². The van der Waals surface area contributed by atoms with Crippen LogP contribution in [0.2, 0.25) is 5.02 Å². The maximum atomic E-state index is 12.7. The van der Waals surface area contributed by atoms with Crippen LogP contribution in [-0.2, 0) is 14.8 Å². The standard InChI is InChI=1S/C18H21ClN2O6S/c1-11(18(22)20-2)27-12-5-7-13(8-6-12)28(23,24)21-15-10-16(25-3)14(19)9-17(15)26-4/h5-11,21H,1-4H3,(H,20,22)/t11-/m1/s1. The zero-order chi connectivity index (χ0) is 20.9. The van der Waals surface area contributed by atoms with Gasteiger partial charge in [0.05, 0.1) is 29.8 Å². The molecule has 2 N–H and O–H groups in total. The molecule has 2 aromatic carbocycles. The molecule has 0 spiro atoms. The highest BCUT2D eigenvalue weighted by atomic mass is 35.5. The molecule has 0 aliphatic rings. The summed E-state index contributed by atoms with van der Waals surface area (Å²) in [6, 6.07) is 8.56. The smallest absolute Gasteiger partial charge is 0.262 e. The number of hydrogen-bond acceptors (Lipinski definition) is 6. The van der Waals surface area contributed by atoms with Crippen molar-refractivity contribution >= 4 is 33.2 Å². The molecule has 0 radical (unpaired) electrons. The number of ether oxygens (including phenoxy) is 3. The molecule has 0 fully saturated rings. The van der Waals surface area contributed by atoms with Gasteiger partial charge in [0.1, 0.15) is 17.2 Å². The quantitative estimate of drug-likeness (QED) is 0.670. The van der Waals surface area contributed by atoms with Crippen molar-refractivity contribution in [2.45, 2.75) is 17.9 Å². The molecule has 0 aliphatic carbocycles. The van der Waals surface area contributed by atoms with Gasteiger partial charge in [-0.15, -0.1) is 0 Å². The third-order valence-corrected chi connectivity index (χ3v) is 5.46. The molecular formula is C18H21ClN2O6S. The van der Waals surface area contributed by atoms with Crippen LogP contribution in [0.1, 0.15) is 6.92 Å². The highest BCUT2D eigenvalue weighted by molar-refractivity contribution is 7.92. The second kappa shape index (κ2) is 9.03. The van der Waals surface area contributed by atoms with E-state index in [4.69, 9.17) is 25.8 Å². The summed E-state index contributed by atoms with van der Waals surface area (Å²) >= 11 is 6.04. The number of amides is 1. The van der Waals surface area contributed by atoms with Crippen molar-refractivity contribution in [1.82, 2.24) is 5.32 Å². The summed E-state index contributed by atoms with van der Waals surface area (Å²) in [6.07, 6.45) is -0.712. The molecule has 10 heteroatoms. The van der Waals surface area contributed by atoms with Gasteiger partial charge in [-0.3, -0.25) is 9.52 Å². The van der Waals surface area contributed by atoms with Crippen molar-refractivity contribution in [3.63, 3.8) is 0 Å². The maximum absolute atomic E-state index is 12.7. The van der Waals surface area contributed by atoms with Gasteiger partial charge in [0.25, 0.3) is 15.9 Å². The Balaban J connectivity index is 2.25. The van der Waals surface area contributed by atoms with Crippen LogP contribution in [0.3, 0.4) is 0 Å². The van der Waals surface area contributed by atoms with Crippen LogP contribution in [0, 0.1) is 0 Å². The van der Waals surface area contributed by atoms with E-state index in [0.717, 1.165) is 0 Å². The molecule has 2 rings (SSSR count). The average molecular weight is 429 g/mol. The lowest BCUT2D eigenvalue weighted by atomic mass is 10.3. The monoisotopic (exact) mass is 428 g/mol. The van der Waals surface area contributed by atoms with Crippen molar-refractivity contribution in [2.24, 2.45) is 0 Å². The van der Waals surface area contributed by atoms with Gasteiger partial charge in [-0.05, 0) is 31.2 Å². The number of benzene rings is 2. The fourth-order valence-corrected chi connectivity index (χ4v) is 3.59. The number of rotatable bonds is 8. The molecule has 0 heterocycles. The van der Waals surface area contributed by atoms with Crippen molar-refractivity contribution < 1.29 is 27.4 Å². The second-order valence-corrected chi connectivity index (χ2v) is 7.73. The Hall–Kier alpha value is -2.65. The molecule has 0 aromatic heterocycles. The first-order chi connectivity index (χ1) is 13.2. The zero-order valence-electron chi connectivity index (χ0n) is 15.8. The molecule has 0 unspecified atom stereocenters. The Morgan fingerprint density at radius 2 is 1.68 bits per heavy atom. The third-order valence-electron chi connectivity index (χ3n) is 3.78. The van der Waals surface area contributed by atoms with E-state index in [1.165, 1.54) is 57.7 Å². The van der Waals surface area contributed by atoms with Crippen LogP contribution < -0.4 is 24.2 Å². The van der Waals surface area contributed by atoms with E-state index < -0.39 is 16.1 Å². The average Bonchev–Trinajstić information content (AvgIpc) is 2.68. The summed E-state index contributed by atoms with van der Waals surface area (Å²) in [5, 5.41) is 2.76. The highest BCUT2D eigenvalue weighted by Crippen LogP contribution is 2.37. The lowest BCUT2D eigenvalue weighted by Crippen LogP contribution is -2.33. The van der Waals surface area contributed by atoms with Gasteiger partial charge < -0.3 is 19.5 Å². The SMILES string of the molecule is CNC(=O)[C@@H](C)Oc1ccc(S(=O)(=O)Nc2cc(OC)c(Cl)cc2OC)cc1. The van der Waals surface area contributed by atoms with Gasteiger partial charge in [0, 0.05) is 19.2 Å². The summed E-state index contributed by atoms with van der Waals surface area (Å²) in [6.45, 7) is 1.59. The largest absolute Gasteiger partial charge is 0.495 e. The maximum Gasteiger partial charge on any atom is 0.262 e. The van der Waals surface area contributed by atoms with Crippen LogP contribution in [0.25, 0.3) is 0 Å². The van der Waals surface area contributed by atoms with Gasteiger partial charge in [0.15, 0.2) is 6.10 Å². The molecule has 2 aromatic rings. The van der Waals surface area contributed by atoms with Gasteiger partial charge >= 0.3 is 0 Å². The van der Waals surface area contributed by atoms with E-state index in [1.807, 2.05) is 0 Å². The van der Waals surface area contributed by atoms with Gasteiger partial charge in [-0.1, -0.05) is 11.6 Å². The van der Waals surface area contributed by atoms with Crippen molar-refractivity contribution in [1.29, 1.82) is 0 Å². The van der Waals surface area contributed by atoms with Gasteiger partial charge in [-0.25, -0.2) is 8.42 Å². The zero-order valence-corrected chi connectivity index (χ0v) is 17.3. The van der Waals surface area contributed by atoms with Gasteiger partial charge in [0.2, 0.25) is 0 Å². The van der Waals surface area contributed by atoms with Crippen LogP contribution >= 0.6 is 11.6 Å². The fraction of sp³-hybridized carbons (Fsp3) is 0.278. The number of sulfonamides is 1. The number of anilines is 1. The first-order valence-electron chi connectivity index (χ1n) is 8.14. The van der Waals surface area contributed by atoms with Crippen molar-refractivity contribution in [3.8, 4) is 17.2 Å². The molecule has 0 bridgehead atoms. The minimum Gasteiger partial charge on any atom is -0.495 e. The number of nitrogens with one attached hydrogen (secondary N) is 2. The number of likely N-dealkylation sites (N-methyl/N-ethyl adjacent to an activating group) is 1. The predicted octanol–water partition coefficient (Wildman–Crippen LogP) is 2.67. The number of methoxy groups -OCH3 is 2. The molecule has 0 saturated carbocycles. The molecular weight excluding hydrogens is 408 g/mol. The van der Waals surface area contributed by atoms with Gasteiger partial charge in [-0.2, -0.15) is 0 Å². The summed E-state index contributed by atoms with van der Waals surface area (Å²) in [4.78, 5) is 11.5. The first-order valence-corrected chi connectivity index (χ1v) is 10.0. The van der Waals surface area contributed by atoms with Crippen LogP contribution in [0.5, 0.6) is 17.2 Å². The highest BCUT2D eigenvalue weighted by Gasteiger charge is 2.19. The van der Waals surface area contributed by atoms with Crippen LogP contribution in [-0.4, -0.2) is 41.7 Å². The molecule has 28 heavy (non-hydrogen) atoms. The lowest BCUT2D eigenvalue weighted by molar-refractivity contribution is -0.126. The van der Waals surface area contributed by atoms with E-state index in [1.54, 1.807) is 6.92 Å². The molecule has 0 aliphatic heterocycles. The molecule has 8 nitrogen and oxygen atoms in total. The Morgan fingerprint density at radius 1 is 1.07 bits per heavy atom. The second-order valence-electron chi connectivity index (χ2n) is 5.64. The van der Waals surface area contributed by atoms with Crippen molar-refractivity contribution in [3.05, 3.63) is 41.4 Å². The Kier molecular flexibility index (Phi) is 6.98. The van der Waals surface area contributed by atoms with Crippen LogP contribution in [0.15, 0.2) is 41.3 Å². The molecule has 152 valence electrons. The van der Waals surface area contributed by atoms with Crippen molar-refractivity contribution in [2.75, 3.05) is 26.0 Å². The lowest BCUT2D eigenvalue weighted by Gasteiger charge is -2.15. The molecule has 0 saturated heterocycles. The summed E-state index contributed by atoms with van der Waals surface area (Å²) < 4.78 is 43.6. The minimum absolute atomic E-state index is 0.00316. The molecule has 1 atom stereocenters. The Morgan fingerprint density at radius 3 is 2.21 bits per heavy atom. The number of carbonyl (C=O) groups is 1. The Labute approximate surface area is 168 Å². The first kappa shape index (κ1) is 21.6. The third kappa shape index (κ3) is 4.99. The minimum atomic E-state index is -3.91. The summed E-state index contributed by atoms with van der Waals surface area (Å²) in [5.41, 5.74) is 0.178. The normalized spacial score (nSPS) is 12.0. The van der Waals surface area contributed by atoms with E-state index in [2.05, 4.69) is 10.0 Å². The summed E-state index contributed by atoms with van der Waals surface area (Å²) in [5.74, 6) is 0.615. The summed E-state index contributed by atoms with van der Waals surface area (Å²) in [7, 11) is 0.410. The van der Waals surface area contributed by atoms with E-state index in [-0.39, 0.29) is 27.3 Å². The van der Waals surface area contributed by atoms with Crippen LogP contribution in [0.4, 0.5) is 5.69 Å². The van der Waals surface area contributed by atoms with E-state index in [0.29, 0.717) is 11.5 Å².